The van der Waals surface area contributed by atoms with E-state index < -0.39 is 34.4 Å². The van der Waals surface area contributed by atoms with E-state index in [2.05, 4.69) is 15.0 Å². The van der Waals surface area contributed by atoms with Crippen molar-refractivity contribution in [3.8, 4) is 11.5 Å². The van der Waals surface area contributed by atoms with Gasteiger partial charge in [0.1, 0.15) is 23.4 Å². The predicted octanol–water partition coefficient (Wildman–Crippen LogP) is 5.37. The lowest BCUT2D eigenvalue weighted by atomic mass is 10.0. The zero-order valence-corrected chi connectivity index (χ0v) is 27.5. The average Bonchev–Trinajstić information content (AvgIpc) is 3.13. The molecule has 12 heteroatoms. The zero-order valence-electron chi connectivity index (χ0n) is 26.7. The summed E-state index contributed by atoms with van der Waals surface area (Å²) in [6.45, 7) is -0.0855. The molecule has 5 rings (SSSR count). The lowest BCUT2D eigenvalue weighted by Gasteiger charge is -2.31. The molecule has 1 atom stereocenters. The fourth-order valence-electron chi connectivity index (χ4n) is 4.97. The maximum Gasteiger partial charge on any atom is 0.261 e. The van der Waals surface area contributed by atoms with Gasteiger partial charge in [0.15, 0.2) is 6.61 Å². The summed E-state index contributed by atoms with van der Waals surface area (Å²) in [7, 11) is -2.40. The van der Waals surface area contributed by atoms with Gasteiger partial charge in [-0.1, -0.05) is 48.5 Å². The first-order valence-corrected chi connectivity index (χ1v) is 16.8. The second-order valence-corrected chi connectivity index (χ2v) is 12.7. The normalized spacial score (nSPS) is 11.6. The van der Waals surface area contributed by atoms with Crippen molar-refractivity contribution in [3.05, 3.63) is 150 Å². The lowest BCUT2D eigenvalue weighted by Crippen LogP contribution is -2.51. The summed E-state index contributed by atoms with van der Waals surface area (Å²) in [4.78, 5) is 33.3. The van der Waals surface area contributed by atoms with Crippen LogP contribution in [0.5, 0.6) is 11.5 Å². The summed E-state index contributed by atoms with van der Waals surface area (Å²) in [5, 5.41) is 2.96. The highest BCUT2D eigenvalue weighted by Gasteiger charge is 2.31. The Morgan fingerprint density at radius 1 is 0.816 bits per heavy atom. The number of pyridine rings is 1. The number of carbonyl (C=O) groups is 2. The molecule has 252 valence electrons. The topological polar surface area (TPSA) is 127 Å². The largest absolute Gasteiger partial charge is 0.497 e. The molecule has 0 unspecified atom stereocenters. The summed E-state index contributed by atoms with van der Waals surface area (Å²) in [5.74, 6) is -0.392. The van der Waals surface area contributed by atoms with E-state index in [9.17, 15) is 22.4 Å². The standard InChI is InChI=1S/C37H35FN4O6S/c1-47-32-15-9-28(10-16-32)25-42(35(22-27-6-3-2-4-7-27)37(44)40-24-29-8-5-21-39-23-29)36(43)26-48-33-17-19-34(20-18-33)49(45,46)41-31-13-11-30(38)12-14-31/h2-21,23,35,41H,22,24-26H2,1H3,(H,40,44)/t35-/m0/s1. The van der Waals surface area contributed by atoms with Crippen molar-refractivity contribution in [1.82, 2.24) is 15.2 Å². The van der Waals surface area contributed by atoms with Crippen molar-refractivity contribution in [1.29, 1.82) is 0 Å². The van der Waals surface area contributed by atoms with E-state index in [4.69, 9.17) is 9.47 Å². The summed E-state index contributed by atoms with van der Waals surface area (Å²) in [6.07, 6.45) is 3.56. The number of methoxy groups -OCH3 is 1. The molecule has 2 amide bonds. The quantitative estimate of drug-likeness (QED) is 0.152. The molecule has 1 heterocycles. The number of carbonyl (C=O) groups excluding carboxylic acids is 2. The number of hydrogen-bond acceptors (Lipinski definition) is 7. The highest BCUT2D eigenvalue weighted by atomic mass is 32.2. The van der Waals surface area contributed by atoms with Crippen molar-refractivity contribution in [2.75, 3.05) is 18.4 Å². The fourth-order valence-corrected chi connectivity index (χ4v) is 6.02. The number of ether oxygens (including phenoxy) is 2. The Bertz CT molecular complexity index is 1930. The Kier molecular flexibility index (Phi) is 11.6. The number of nitrogens with one attached hydrogen (secondary N) is 2. The SMILES string of the molecule is COc1ccc(CN(C(=O)COc2ccc(S(=O)(=O)Nc3ccc(F)cc3)cc2)[C@@H](Cc2ccccc2)C(=O)NCc2cccnc2)cc1. The van der Waals surface area contributed by atoms with Gasteiger partial charge in [0.05, 0.1) is 12.0 Å². The van der Waals surface area contributed by atoms with Crippen LogP contribution < -0.4 is 19.5 Å². The molecule has 4 aromatic carbocycles. The minimum Gasteiger partial charge on any atom is -0.497 e. The molecule has 0 fully saturated rings. The molecule has 0 saturated heterocycles. The molecule has 2 N–H and O–H groups in total. The van der Waals surface area contributed by atoms with E-state index in [1.54, 1.807) is 37.7 Å². The second kappa shape index (κ2) is 16.4. The Hall–Kier alpha value is -5.75. The first-order valence-electron chi connectivity index (χ1n) is 15.3. The fraction of sp³-hybridized carbons (Fsp3) is 0.162. The van der Waals surface area contributed by atoms with Gasteiger partial charge in [-0.3, -0.25) is 19.3 Å². The minimum atomic E-state index is -3.96. The van der Waals surface area contributed by atoms with Crippen LogP contribution in [-0.4, -0.2) is 49.9 Å². The second-order valence-electron chi connectivity index (χ2n) is 11.0. The molecule has 5 aromatic rings. The molecule has 0 bridgehead atoms. The molecule has 49 heavy (non-hydrogen) atoms. The van der Waals surface area contributed by atoms with Crippen LogP contribution in [0.4, 0.5) is 10.1 Å². The van der Waals surface area contributed by atoms with Crippen molar-refractivity contribution in [3.63, 3.8) is 0 Å². The van der Waals surface area contributed by atoms with Crippen LogP contribution in [0.25, 0.3) is 0 Å². The smallest absolute Gasteiger partial charge is 0.261 e. The summed E-state index contributed by atoms with van der Waals surface area (Å²) < 4.78 is 52.4. The number of amides is 2. The van der Waals surface area contributed by atoms with Crippen molar-refractivity contribution in [2.24, 2.45) is 0 Å². The number of sulfonamides is 1. The Morgan fingerprint density at radius 3 is 2.14 bits per heavy atom. The number of nitrogens with zero attached hydrogens (tertiary/aromatic N) is 2. The Labute approximate surface area is 284 Å². The number of benzene rings is 4. The number of anilines is 1. The highest BCUT2D eigenvalue weighted by Crippen LogP contribution is 2.21. The minimum absolute atomic E-state index is 0.0511. The number of rotatable bonds is 15. The van der Waals surface area contributed by atoms with E-state index in [0.29, 0.717) is 5.75 Å². The third-order valence-corrected chi connectivity index (χ3v) is 8.96. The molecular formula is C37H35FN4O6S. The molecule has 1 aromatic heterocycles. The van der Waals surface area contributed by atoms with E-state index >= 15 is 0 Å². The summed E-state index contributed by atoms with van der Waals surface area (Å²) >= 11 is 0. The van der Waals surface area contributed by atoms with Gasteiger partial charge in [-0.15, -0.1) is 0 Å². The van der Waals surface area contributed by atoms with Crippen LogP contribution in [0.1, 0.15) is 16.7 Å². The zero-order chi connectivity index (χ0) is 34.6. The van der Waals surface area contributed by atoms with Crippen LogP contribution in [0.2, 0.25) is 0 Å². The van der Waals surface area contributed by atoms with Crippen LogP contribution >= 0.6 is 0 Å². The number of hydrogen-bond donors (Lipinski definition) is 2. The summed E-state index contributed by atoms with van der Waals surface area (Å²) in [5.41, 5.74) is 2.65. The molecule has 0 aliphatic carbocycles. The molecule has 0 saturated carbocycles. The number of halogens is 1. The van der Waals surface area contributed by atoms with E-state index in [-0.39, 0.29) is 41.7 Å². The van der Waals surface area contributed by atoms with Crippen LogP contribution in [0.3, 0.4) is 0 Å². The van der Waals surface area contributed by atoms with Crippen molar-refractivity contribution in [2.45, 2.75) is 30.4 Å². The highest BCUT2D eigenvalue weighted by molar-refractivity contribution is 7.92. The van der Waals surface area contributed by atoms with Crippen molar-refractivity contribution < 1.29 is 31.9 Å². The van der Waals surface area contributed by atoms with E-state index in [1.165, 1.54) is 41.3 Å². The van der Waals surface area contributed by atoms with E-state index in [0.717, 1.165) is 28.8 Å². The monoisotopic (exact) mass is 682 g/mol. The molecule has 0 spiro atoms. The third-order valence-electron chi connectivity index (χ3n) is 7.57. The Morgan fingerprint density at radius 2 is 1.49 bits per heavy atom. The first-order chi connectivity index (χ1) is 23.7. The van der Waals surface area contributed by atoms with Crippen LogP contribution in [0.15, 0.2) is 133 Å². The van der Waals surface area contributed by atoms with Gasteiger partial charge >= 0.3 is 0 Å². The lowest BCUT2D eigenvalue weighted by molar-refractivity contribution is -0.142. The van der Waals surface area contributed by atoms with Gasteiger partial charge in [-0.25, -0.2) is 12.8 Å². The maximum absolute atomic E-state index is 14.0. The predicted molar refractivity (Wildman–Crippen MR) is 183 cm³/mol. The molecule has 0 aliphatic rings. The van der Waals surface area contributed by atoms with Gasteiger partial charge in [0, 0.05) is 37.6 Å². The van der Waals surface area contributed by atoms with E-state index in [1.807, 2.05) is 48.5 Å². The summed E-state index contributed by atoms with van der Waals surface area (Å²) in [6, 6.07) is 29.8. The number of aromatic nitrogens is 1. The van der Waals surface area contributed by atoms with Gasteiger partial charge in [-0.2, -0.15) is 0 Å². The molecular weight excluding hydrogens is 647 g/mol. The first kappa shape index (κ1) is 34.6. The van der Waals surface area contributed by atoms with Gasteiger partial charge < -0.3 is 19.7 Å². The van der Waals surface area contributed by atoms with Gasteiger partial charge in [-0.05, 0) is 83.4 Å². The third kappa shape index (κ3) is 9.88. The molecule has 0 aliphatic heterocycles. The van der Waals surface area contributed by atoms with Crippen molar-refractivity contribution >= 4 is 27.5 Å². The van der Waals surface area contributed by atoms with Gasteiger partial charge in [0.2, 0.25) is 5.91 Å². The maximum atomic E-state index is 14.0. The Balaban J connectivity index is 1.35. The van der Waals surface area contributed by atoms with Gasteiger partial charge in [0.25, 0.3) is 15.9 Å². The van der Waals surface area contributed by atoms with Crippen LogP contribution in [-0.2, 0) is 39.1 Å². The average molecular weight is 683 g/mol. The molecule has 10 nitrogen and oxygen atoms in total. The molecule has 0 radical (unpaired) electrons. The van der Waals surface area contributed by atoms with Crippen LogP contribution in [0, 0.1) is 5.82 Å².